The van der Waals surface area contributed by atoms with Crippen molar-refractivity contribution in [3.8, 4) is 0 Å². The summed E-state index contributed by atoms with van der Waals surface area (Å²) in [5, 5.41) is 3.24. The number of thiophene rings is 1. The molecular weight excluding hydrogens is 359 g/mol. The van der Waals surface area contributed by atoms with Crippen LogP contribution in [0.3, 0.4) is 0 Å². The number of hydrogen-bond donors (Lipinski definition) is 1. The van der Waals surface area contributed by atoms with E-state index in [-0.39, 0.29) is 17.9 Å². The number of nitrogens with zero attached hydrogens (tertiary/aromatic N) is 1. The van der Waals surface area contributed by atoms with Gasteiger partial charge in [0.25, 0.3) is 0 Å². The van der Waals surface area contributed by atoms with Crippen molar-refractivity contribution < 1.29 is 9.18 Å². The van der Waals surface area contributed by atoms with Gasteiger partial charge < -0.3 is 10.2 Å². The standard InChI is InChI=1S/C22H27FN2OS/c1-3-18-14(2)27-21-19(18)12-13-25(22(26)24-17-6-4-5-7-17)20(21)15-8-10-16(23)11-9-15/h8-11,17,20H,3-7,12-13H2,1-2H3,(H,24,26)/t20-/m1/s1. The molecule has 2 aliphatic rings. The molecule has 2 amide bonds. The average Bonchev–Trinajstić information content (AvgIpc) is 3.28. The highest BCUT2D eigenvalue weighted by atomic mass is 32.1. The lowest BCUT2D eigenvalue weighted by Crippen LogP contribution is -2.48. The molecule has 144 valence electrons. The number of halogens is 1. The fourth-order valence-corrected chi connectivity index (χ4v) is 6.08. The molecule has 3 nitrogen and oxygen atoms in total. The molecule has 0 bridgehead atoms. The van der Waals surface area contributed by atoms with Crippen LogP contribution in [0, 0.1) is 12.7 Å². The molecule has 4 rings (SSSR count). The average molecular weight is 387 g/mol. The first-order valence-corrected chi connectivity index (χ1v) is 10.8. The molecule has 0 unspecified atom stereocenters. The summed E-state index contributed by atoms with van der Waals surface area (Å²) < 4.78 is 13.5. The van der Waals surface area contributed by atoms with Gasteiger partial charge in [0, 0.05) is 22.3 Å². The van der Waals surface area contributed by atoms with Gasteiger partial charge in [0.15, 0.2) is 0 Å². The Labute approximate surface area is 164 Å². The molecule has 0 spiro atoms. The number of carbonyl (C=O) groups excluding carboxylic acids is 1. The lowest BCUT2D eigenvalue weighted by atomic mass is 9.92. The summed E-state index contributed by atoms with van der Waals surface area (Å²) >= 11 is 1.80. The molecular formula is C22H27FN2OS. The topological polar surface area (TPSA) is 32.3 Å². The first kappa shape index (κ1) is 18.5. The van der Waals surface area contributed by atoms with Crippen molar-refractivity contribution >= 4 is 17.4 Å². The van der Waals surface area contributed by atoms with Crippen molar-refractivity contribution in [1.29, 1.82) is 0 Å². The van der Waals surface area contributed by atoms with Crippen LogP contribution in [0.4, 0.5) is 9.18 Å². The first-order valence-electron chi connectivity index (χ1n) is 10.0. The van der Waals surface area contributed by atoms with E-state index in [0.29, 0.717) is 12.6 Å². The van der Waals surface area contributed by atoms with Crippen molar-refractivity contribution in [2.75, 3.05) is 6.54 Å². The van der Waals surface area contributed by atoms with Crippen LogP contribution in [-0.2, 0) is 12.8 Å². The number of hydrogen-bond acceptors (Lipinski definition) is 2. The summed E-state index contributed by atoms with van der Waals surface area (Å²) in [6.07, 6.45) is 6.45. The summed E-state index contributed by atoms with van der Waals surface area (Å²) in [6, 6.07) is 6.84. The third-order valence-electron chi connectivity index (χ3n) is 6.00. The van der Waals surface area contributed by atoms with Gasteiger partial charge in [-0.25, -0.2) is 9.18 Å². The second kappa shape index (κ2) is 7.63. The zero-order valence-electron chi connectivity index (χ0n) is 16.1. The molecule has 5 heteroatoms. The number of benzene rings is 1. The smallest absolute Gasteiger partial charge is 0.318 e. The van der Waals surface area contributed by atoms with Crippen molar-refractivity contribution in [2.45, 2.75) is 64.5 Å². The summed E-state index contributed by atoms with van der Waals surface area (Å²) in [7, 11) is 0. The van der Waals surface area contributed by atoms with E-state index in [9.17, 15) is 9.18 Å². The van der Waals surface area contributed by atoms with E-state index in [1.165, 1.54) is 45.9 Å². The molecule has 1 aromatic carbocycles. The van der Waals surface area contributed by atoms with Gasteiger partial charge in [0.1, 0.15) is 5.82 Å². The molecule has 1 N–H and O–H groups in total. The third kappa shape index (κ3) is 3.49. The van der Waals surface area contributed by atoms with Crippen molar-refractivity contribution in [2.24, 2.45) is 0 Å². The van der Waals surface area contributed by atoms with E-state index in [1.807, 2.05) is 17.0 Å². The van der Waals surface area contributed by atoms with E-state index >= 15 is 0 Å². The van der Waals surface area contributed by atoms with Crippen LogP contribution in [0.5, 0.6) is 0 Å². The molecule has 1 aromatic heterocycles. The maximum Gasteiger partial charge on any atom is 0.318 e. The molecule has 0 saturated heterocycles. The highest BCUT2D eigenvalue weighted by Gasteiger charge is 2.36. The highest BCUT2D eigenvalue weighted by molar-refractivity contribution is 7.12. The predicted molar refractivity (Wildman–Crippen MR) is 108 cm³/mol. The molecule has 1 aliphatic heterocycles. The SMILES string of the molecule is CCc1c(C)sc2c1CCN(C(=O)NC1CCCC1)[C@@H]2c1ccc(F)cc1. The Bertz CT molecular complexity index is 824. The van der Waals surface area contributed by atoms with Crippen LogP contribution in [0.25, 0.3) is 0 Å². The first-order chi connectivity index (χ1) is 13.1. The minimum Gasteiger partial charge on any atom is -0.335 e. The van der Waals surface area contributed by atoms with Gasteiger partial charge in [0.05, 0.1) is 6.04 Å². The summed E-state index contributed by atoms with van der Waals surface area (Å²) in [4.78, 5) is 17.7. The Morgan fingerprint density at radius 3 is 2.63 bits per heavy atom. The number of carbonyl (C=O) groups is 1. The summed E-state index contributed by atoms with van der Waals surface area (Å²) in [5.41, 5.74) is 3.82. The largest absolute Gasteiger partial charge is 0.335 e. The Hall–Kier alpha value is -1.88. The predicted octanol–water partition coefficient (Wildman–Crippen LogP) is 5.36. The number of amides is 2. The summed E-state index contributed by atoms with van der Waals surface area (Å²) in [5.74, 6) is -0.242. The van der Waals surface area contributed by atoms with Crippen LogP contribution in [-0.4, -0.2) is 23.5 Å². The van der Waals surface area contributed by atoms with E-state index in [1.54, 1.807) is 11.3 Å². The number of aryl methyl sites for hydroxylation is 1. The Balaban J connectivity index is 1.71. The van der Waals surface area contributed by atoms with Crippen molar-refractivity contribution in [3.63, 3.8) is 0 Å². The molecule has 1 atom stereocenters. The molecule has 1 fully saturated rings. The van der Waals surface area contributed by atoms with Crippen LogP contribution in [0.15, 0.2) is 24.3 Å². The lowest BCUT2D eigenvalue weighted by molar-refractivity contribution is 0.177. The van der Waals surface area contributed by atoms with Gasteiger partial charge >= 0.3 is 6.03 Å². The number of rotatable bonds is 3. The maximum atomic E-state index is 13.5. The van der Waals surface area contributed by atoms with Crippen LogP contribution >= 0.6 is 11.3 Å². The monoisotopic (exact) mass is 386 g/mol. The molecule has 0 radical (unpaired) electrons. The Morgan fingerprint density at radius 2 is 1.96 bits per heavy atom. The van der Waals surface area contributed by atoms with Gasteiger partial charge in [0.2, 0.25) is 0 Å². The lowest BCUT2D eigenvalue weighted by Gasteiger charge is -2.37. The Kier molecular flexibility index (Phi) is 5.22. The molecule has 2 heterocycles. The fourth-order valence-electron chi connectivity index (χ4n) is 4.63. The van der Waals surface area contributed by atoms with Crippen molar-refractivity contribution in [1.82, 2.24) is 10.2 Å². The molecule has 2 aromatic rings. The zero-order valence-corrected chi connectivity index (χ0v) is 16.9. The van der Waals surface area contributed by atoms with E-state index in [2.05, 4.69) is 19.2 Å². The van der Waals surface area contributed by atoms with Crippen LogP contribution < -0.4 is 5.32 Å². The maximum absolute atomic E-state index is 13.5. The van der Waals surface area contributed by atoms with E-state index in [0.717, 1.165) is 31.2 Å². The molecule has 1 aliphatic carbocycles. The quantitative estimate of drug-likeness (QED) is 0.757. The normalized spacial score (nSPS) is 20.0. The van der Waals surface area contributed by atoms with E-state index in [4.69, 9.17) is 0 Å². The fraction of sp³-hybridized carbons (Fsp3) is 0.500. The van der Waals surface area contributed by atoms with Crippen molar-refractivity contribution in [3.05, 3.63) is 56.5 Å². The number of fused-ring (bicyclic) bond motifs is 1. The molecule has 27 heavy (non-hydrogen) atoms. The summed E-state index contributed by atoms with van der Waals surface area (Å²) in [6.45, 7) is 5.07. The van der Waals surface area contributed by atoms with Crippen LogP contribution in [0.2, 0.25) is 0 Å². The minimum absolute atomic E-state index is 0.0194. The van der Waals surface area contributed by atoms with Gasteiger partial charge in [-0.3, -0.25) is 0 Å². The van der Waals surface area contributed by atoms with Gasteiger partial charge in [-0.15, -0.1) is 11.3 Å². The highest BCUT2D eigenvalue weighted by Crippen LogP contribution is 2.43. The second-order valence-electron chi connectivity index (χ2n) is 7.66. The minimum atomic E-state index is -0.242. The van der Waals surface area contributed by atoms with Gasteiger partial charge in [-0.1, -0.05) is 31.9 Å². The van der Waals surface area contributed by atoms with Crippen LogP contribution in [0.1, 0.15) is 65.1 Å². The van der Waals surface area contributed by atoms with Gasteiger partial charge in [-0.05, 0) is 61.4 Å². The van der Waals surface area contributed by atoms with Gasteiger partial charge in [-0.2, -0.15) is 0 Å². The Morgan fingerprint density at radius 1 is 1.26 bits per heavy atom. The second-order valence-corrected chi connectivity index (χ2v) is 8.92. The van der Waals surface area contributed by atoms with E-state index < -0.39 is 0 Å². The number of urea groups is 1. The molecule has 1 saturated carbocycles. The zero-order chi connectivity index (χ0) is 19.0. The number of nitrogens with one attached hydrogen (secondary N) is 1. The third-order valence-corrected chi connectivity index (χ3v) is 7.24.